The Bertz CT molecular complexity index is 1180. The lowest BCUT2D eigenvalue weighted by Gasteiger charge is -2.32. The van der Waals surface area contributed by atoms with Gasteiger partial charge in [0.15, 0.2) is 5.82 Å². The van der Waals surface area contributed by atoms with Gasteiger partial charge in [0, 0.05) is 23.7 Å². The van der Waals surface area contributed by atoms with Crippen LogP contribution >= 0.6 is 0 Å². The van der Waals surface area contributed by atoms with Gasteiger partial charge in [0.05, 0.1) is 17.8 Å². The second kappa shape index (κ2) is 7.09. The third-order valence-electron chi connectivity index (χ3n) is 6.04. The lowest BCUT2D eigenvalue weighted by Crippen LogP contribution is -2.47. The number of aromatic nitrogens is 4. The SMILES string of the molecule is CC1(C)c2[nH]nc(Nc3ccnc(C#N)n3)c2CN1C(=O)N[C@@H]1C[C@H]1c1ccccc1. The number of carbonyl (C=O) groups is 1. The van der Waals surface area contributed by atoms with E-state index in [1.165, 1.54) is 11.8 Å². The van der Waals surface area contributed by atoms with Crippen molar-refractivity contribution in [3.63, 3.8) is 0 Å². The van der Waals surface area contributed by atoms with E-state index in [2.05, 4.69) is 42.9 Å². The van der Waals surface area contributed by atoms with Crippen LogP contribution in [0.2, 0.25) is 0 Å². The van der Waals surface area contributed by atoms with Crippen LogP contribution in [0.5, 0.6) is 0 Å². The Kier molecular flexibility index (Phi) is 4.36. The number of hydrogen-bond donors (Lipinski definition) is 3. The molecule has 9 nitrogen and oxygen atoms in total. The molecule has 1 aliphatic heterocycles. The molecule has 31 heavy (non-hydrogen) atoms. The molecule has 2 amide bonds. The number of anilines is 2. The van der Waals surface area contributed by atoms with Crippen LogP contribution in [-0.4, -0.2) is 37.1 Å². The van der Waals surface area contributed by atoms with Crippen LogP contribution in [0.4, 0.5) is 16.4 Å². The zero-order valence-electron chi connectivity index (χ0n) is 17.3. The first kappa shape index (κ1) is 19.1. The van der Waals surface area contributed by atoms with E-state index in [4.69, 9.17) is 5.26 Å². The van der Waals surface area contributed by atoms with Crippen LogP contribution in [-0.2, 0) is 12.1 Å². The lowest BCUT2D eigenvalue weighted by molar-refractivity contribution is 0.142. The number of hydrogen-bond acceptors (Lipinski definition) is 6. The van der Waals surface area contributed by atoms with Crippen molar-refractivity contribution in [2.45, 2.75) is 44.3 Å². The predicted octanol–water partition coefficient (Wildman–Crippen LogP) is 3.13. The Morgan fingerprint density at radius 3 is 2.87 bits per heavy atom. The minimum atomic E-state index is -0.535. The number of amides is 2. The van der Waals surface area contributed by atoms with E-state index in [9.17, 15) is 4.79 Å². The van der Waals surface area contributed by atoms with Gasteiger partial charge in [-0.05, 0) is 31.9 Å². The Hall–Kier alpha value is -3.93. The van der Waals surface area contributed by atoms with E-state index >= 15 is 0 Å². The molecule has 0 radical (unpaired) electrons. The predicted molar refractivity (Wildman–Crippen MR) is 113 cm³/mol. The number of nitrogens with one attached hydrogen (secondary N) is 3. The first-order valence-corrected chi connectivity index (χ1v) is 10.2. The summed E-state index contributed by atoms with van der Waals surface area (Å²) in [7, 11) is 0. The topological polar surface area (TPSA) is 123 Å². The summed E-state index contributed by atoms with van der Waals surface area (Å²) in [4.78, 5) is 22.9. The van der Waals surface area contributed by atoms with Crippen LogP contribution < -0.4 is 10.6 Å². The number of nitriles is 1. The zero-order valence-corrected chi connectivity index (χ0v) is 17.3. The number of aromatic amines is 1. The summed E-state index contributed by atoms with van der Waals surface area (Å²) in [5.74, 6) is 1.52. The minimum Gasteiger partial charge on any atom is -0.335 e. The summed E-state index contributed by atoms with van der Waals surface area (Å²) >= 11 is 0. The van der Waals surface area contributed by atoms with Gasteiger partial charge in [-0.15, -0.1) is 0 Å². The molecule has 1 aromatic carbocycles. The van der Waals surface area contributed by atoms with Crippen molar-refractivity contribution in [3.8, 4) is 6.07 Å². The Labute approximate surface area is 179 Å². The molecule has 9 heteroatoms. The van der Waals surface area contributed by atoms with Crippen molar-refractivity contribution >= 4 is 17.7 Å². The van der Waals surface area contributed by atoms with E-state index in [0.29, 0.717) is 24.1 Å². The van der Waals surface area contributed by atoms with Gasteiger partial charge in [0.2, 0.25) is 5.82 Å². The molecule has 2 atom stereocenters. The molecule has 2 aromatic heterocycles. The molecule has 1 aliphatic carbocycles. The number of fused-ring (bicyclic) bond motifs is 1. The normalized spacial score (nSPS) is 20.6. The molecule has 0 bridgehead atoms. The maximum absolute atomic E-state index is 13.1. The van der Waals surface area contributed by atoms with E-state index in [0.717, 1.165) is 17.7 Å². The number of rotatable bonds is 4. The van der Waals surface area contributed by atoms with Gasteiger partial charge in [-0.1, -0.05) is 30.3 Å². The van der Waals surface area contributed by atoms with Crippen molar-refractivity contribution < 1.29 is 4.79 Å². The van der Waals surface area contributed by atoms with E-state index < -0.39 is 5.54 Å². The Morgan fingerprint density at radius 2 is 2.10 bits per heavy atom. The van der Waals surface area contributed by atoms with Gasteiger partial charge < -0.3 is 15.5 Å². The van der Waals surface area contributed by atoms with E-state index in [1.54, 1.807) is 6.07 Å². The second-order valence-electron chi connectivity index (χ2n) is 8.38. The smallest absolute Gasteiger partial charge is 0.318 e. The molecule has 1 saturated carbocycles. The quantitative estimate of drug-likeness (QED) is 0.603. The number of urea groups is 1. The van der Waals surface area contributed by atoms with E-state index in [1.807, 2.05) is 43.0 Å². The van der Waals surface area contributed by atoms with Crippen molar-refractivity contribution in [1.82, 2.24) is 30.4 Å². The highest BCUT2D eigenvalue weighted by Crippen LogP contribution is 2.43. The third kappa shape index (κ3) is 3.36. The van der Waals surface area contributed by atoms with Gasteiger partial charge in [-0.2, -0.15) is 10.4 Å². The van der Waals surface area contributed by atoms with Crippen LogP contribution in [0.15, 0.2) is 42.6 Å². The summed E-state index contributed by atoms with van der Waals surface area (Å²) < 4.78 is 0. The highest BCUT2D eigenvalue weighted by Gasteiger charge is 2.46. The largest absolute Gasteiger partial charge is 0.335 e. The van der Waals surface area contributed by atoms with Gasteiger partial charge >= 0.3 is 6.03 Å². The monoisotopic (exact) mass is 414 g/mol. The molecule has 1 fully saturated rings. The molecule has 3 aromatic rings. The number of nitrogens with zero attached hydrogens (tertiary/aromatic N) is 5. The highest BCUT2D eigenvalue weighted by atomic mass is 16.2. The van der Waals surface area contributed by atoms with Gasteiger partial charge in [0.25, 0.3) is 0 Å². The maximum Gasteiger partial charge on any atom is 0.318 e. The average Bonchev–Trinajstić information content (AvgIpc) is 3.33. The van der Waals surface area contributed by atoms with Gasteiger partial charge in [-0.25, -0.2) is 14.8 Å². The van der Waals surface area contributed by atoms with Crippen molar-refractivity contribution in [2.24, 2.45) is 0 Å². The number of H-pyrrole nitrogens is 1. The van der Waals surface area contributed by atoms with Crippen LogP contribution in [0.25, 0.3) is 0 Å². The first-order chi connectivity index (χ1) is 15.0. The molecular formula is C22H22N8O. The summed E-state index contributed by atoms with van der Waals surface area (Å²) in [6.45, 7) is 4.42. The molecule has 2 aliphatic rings. The zero-order chi connectivity index (χ0) is 21.6. The standard InChI is InChI=1S/C22H22N8O/c1-22(2)19-15(20(29-28-19)27-17-8-9-24-18(11-23)26-17)12-30(22)21(31)25-16-10-14(16)13-6-4-3-5-7-13/h3-9,14,16H,10,12H2,1-2H3,(H,25,31)(H2,24,26,27,28,29)/t14-,16+/m0/s1. The van der Waals surface area contributed by atoms with Gasteiger partial charge in [0.1, 0.15) is 11.9 Å². The van der Waals surface area contributed by atoms with Gasteiger partial charge in [-0.3, -0.25) is 5.10 Å². The highest BCUT2D eigenvalue weighted by molar-refractivity contribution is 5.78. The van der Waals surface area contributed by atoms with Crippen molar-refractivity contribution in [3.05, 3.63) is 65.2 Å². The van der Waals surface area contributed by atoms with Crippen molar-refractivity contribution in [1.29, 1.82) is 5.26 Å². The molecule has 0 spiro atoms. The number of carbonyl (C=O) groups excluding carboxylic acids is 1. The molecule has 3 heterocycles. The fourth-order valence-electron chi connectivity index (χ4n) is 4.21. The average molecular weight is 414 g/mol. The molecule has 0 saturated heterocycles. The van der Waals surface area contributed by atoms with Crippen LogP contribution in [0.3, 0.4) is 0 Å². The molecule has 5 rings (SSSR count). The maximum atomic E-state index is 13.1. The second-order valence-corrected chi connectivity index (χ2v) is 8.38. The molecule has 156 valence electrons. The van der Waals surface area contributed by atoms with Crippen molar-refractivity contribution in [2.75, 3.05) is 5.32 Å². The molecule has 3 N–H and O–H groups in total. The fraction of sp³-hybridized carbons (Fsp3) is 0.318. The summed E-state index contributed by atoms with van der Waals surface area (Å²) in [6, 6.07) is 13.9. The molecule has 0 unspecified atom stereocenters. The Balaban J connectivity index is 1.30. The lowest BCUT2D eigenvalue weighted by atomic mass is 10.0. The number of benzene rings is 1. The van der Waals surface area contributed by atoms with Crippen LogP contribution in [0.1, 0.15) is 48.8 Å². The van der Waals surface area contributed by atoms with E-state index in [-0.39, 0.29) is 17.9 Å². The summed E-state index contributed by atoms with van der Waals surface area (Å²) in [5.41, 5.74) is 2.52. The Morgan fingerprint density at radius 1 is 1.29 bits per heavy atom. The summed E-state index contributed by atoms with van der Waals surface area (Å²) in [5, 5.41) is 22.8. The summed E-state index contributed by atoms with van der Waals surface area (Å²) in [6.07, 6.45) is 2.47. The first-order valence-electron chi connectivity index (χ1n) is 10.2. The fourth-order valence-corrected chi connectivity index (χ4v) is 4.21. The molecular weight excluding hydrogens is 392 g/mol. The third-order valence-corrected chi connectivity index (χ3v) is 6.04. The minimum absolute atomic E-state index is 0.0796. The van der Waals surface area contributed by atoms with Crippen LogP contribution in [0, 0.1) is 11.3 Å².